The summed E-state index contributed by atoms with van der Waals surface area (Å²) in [6.45, 7) is 6.54. The van der Waals surface area contributed by atoms with Crippen molar-refractivity contribution in [2.75, 3.05) is 13.7 Å². The molecule has 1 aromatic rings. The molecule has 1 aromatic carbocycles. The molecule has 2 saturated heterocycles. The van der Waals surface area contributed by atoms with Gasteiger partial charge < -0.3 is 23.8 Å². The lowest BCUT2D eigenvalue weighted by molar-refractivity contribution is -0.0812. The number of carbonyl (C=O) groups is 1. The van der Waals surface area contributed by atoms with E-state index < -0.39 is 5.60 Å². The van der Waals surface area contributed by atoms with Gasteiger partial charge in [0.25, 0.3) is 0 Å². The molecule has 184 valence electrons. The molecule has 2 bridgehead atoms. The van der Waals surface area contributed by atoms with Crippen LogP contribution in [0.25, 0.3) is 0 Å². The van der Waals surface area contributed by atoms with Gasteiger partial charge in [0.1, 0.15) is 11.4 Å². The van der Waals surface area contributed by atoms with Gasteiger partial charge in [-0.25, -0.2) is 4.79 Å². The molecular weight excluding hydrogens is 418 g/mol. The third-order valence-corrected chi connectivity index (χ3v) is 7.12. The Morgan fingerprint density at radius 3 is 2.09 bits per heavy atom. The predicted octanol–water partition coefficient (Wildman–Crippen LogP) is 5.51. The molecule has 0 radical (unpaired) electrons. The van der Waals surface area contributed by atoms with Gasteiger partial charge in [0, 0.05) is 19.2 Å². The normalized spacial score (nSPS) is 29.7. The fourth-order valence-corrected chi connectivity index (χ4v) is 5.56. The third-order valence-electron chi connectivity index (χ3n) is 7.12. The lowest BCUT2D eigenvalue weighted by Crippen LogP contribution is -2.50. The number of nitrogens with zero attached hydrogens (tertiary/aromatic N) is 1. The molecule has 1 saturated carbocycles. The Morgan fingerprint density at radius 1 is 0.909 bits per heavy atom. The third kappa shape index (κ3) is 6.63. The first kappa shape index (κ1) is 24.3. The Kier molecular flexibility index (Phi) is 7.85. The van der Waals surface area contributed by atoms with Gasteiger partial charge in [0.15, 0.2) is 0 Å². The van der Waals surface area contributed by atoms with Crippen molar-refractivity contribution >= 4 is 6.09 Å². The van der Waals surface area contributed by atoms with Crippen molar-refractivity contribution in [2.45, 2.75) is 115 Å². The van der Waals surface area contributed by atoms with E-state index in [9.17, 15) is 4.79 Å². The number of amides is 1. The highest BCUT2D eigenvalue weighted by Gasteiger charge is 2.45. The van der Waals surface area contributed by atoms with Crippen LogP contribution >= 0.6 is 0 Å². The molecule has 1 aliphatic carbocycles. The van der Waals surface area contributed by atoms with Crippen molar-refractivity contribution < 1.29 is 23.7 Å². The summed E-state index contributed by atoms with van der Waals surface area (Å²) in [6.07, 6.45) is 9.72. The molecule has 3 aliphatic rings. The van der Waals surface area contributed by atoms with E-state index in [0.29, 0.717) is 6.10 Å². The molecule has 6 heteroatoms. The molecule has 0 N–H and O–H groups in total. The Balaban J connectivity index is 1.20. The van der Waals surface area contributed by atoms with Crippen molar-refractivity contribution in [3.05, 3.63) is 29.8 Å². The van der Waals surface area contributed by atoms with Gasteiger partial charge in [-0.3, -0.25) is 0 Å². The Morgan fingerprint density at radius 2 is 1.52 bits per heavy atom. The first-order valence-electron chi connectivity index (χ1n) is 12.7. The van der Waals surface area contributed by atoms with E-state index in [-0.39, 0.29) is 30.4 Å². The lowest BCUT2D eigenvalue weighted by atomic mass is 9.93. The summed E-state index contributed by atoms with van der Waals surface area (Å²) >= 11 is 0. The van der Waals surface area contributed by atoms with E-state index in [4.69, 9.17) is 18.9 Å². The summed E-state index contributed by atoms with van der Waals surface area (Å²) in [6, 6.07) is 8.91. The van der Waals surface area contributed by atoms with Crippen LogP contribution in [0.1, 0.15) is 77.7 Å². The highest BCUT2D eigenvalue weighted by atomic mass is 16.6. The minimum absolute atomic E-state index is 0.155. The maximum absolute atomic E-state index is 12.7. The average molecular weight is 460 g/mol. The van der Waals surface area contributed by atoms with Crippen LogP contribution in [0, 0.1) is 0 Å². The van der Waals surface area contributed by atoms with Crippen LogP contribution in [0.3, 0.4) is 0 Å². The second-order valence-electron chi connectivity index (χ2n) is 10.9. The molecule has 2 heterocycles. The Bertz CT molecular complexity index is 752. The highest BCUT2D eigenvalue weighted by molar-refractivity contribution is 5.69. The zero-order chi connectivity index (χ0) is 23.4. The minimum Gasteiger partial charge on any atom is -0.490 e. The summed E-state index contributed by atoms with van der Waals surface area (Å²) in [4.78, 5) is 14.7. The average Bonchev–Trinajstić information content (AvgIpc) is 3.04. The standard InChI is InChI=1S/C27H41NO5/c1-27(2,3)33-26(29)28-20-7-8-21(28)18-25(17-20)32-24-13-11-23(12-14-24)31-22-9-5-19(6-10-22)15-16-30-4/h5-6,9-10,20-21,23-25H,7-8,11-18H2,1-4H3/t20-,21+,23?,24?,25?. The van der Waals surface area contributed by atoms with Crippen LogP contribution in [0.2, 0.25) is 0 Å². The molecule has 3 fully saturated rings. The first-order valence-corrected chi connectivity index (χ1v) is 12.7. The maximum atomic E-state index is 12.7. The van der Waals surface area contributed by atoms with Crippen LogP contribution in [-0.4, -0.2) is 60.7 Å². The van der Waals surface area contributed by atoms with E-state index in [1.165, 1.54) is 5.56 Å². The van der Waals surface area contributed by atoms with Crippen LogP contribution in [-0.2, 0) is 20.6 Å². The number of fused-ring (bicyclic) bond motifs is 2. The van der Waals surface area contributed by atoms with Gasteiger partial charge >= 0.3 is 6.09 Å². The van der Waals surface area contributed by atoms with Crippen LogP contribution in [0.15, 0.2) is 24.3 Å². The second kappa shape index (κ2) is 10.6. The quantitative estimate of drug-likeness (QED) is 0.538. The van der Waals surface area contributed by atoms with E-state index in [2.05, 4.69) is 24.3 Å². The number of hydrogen-bond acceptors (Lipinski definition) is 5. The summed E-state index contributed by atoms with van der Waals surface area (Å²) in [5.74, 6) is 0.951. The predicted molar refractivity (Wildman–Crippen MR) is 128 cm³/mol. The lowest BCUT2D eigenvalue weighted by Gasteiger charge is -2.41. The van der Waals surface area contributed by atoms with Gasteiger partial charge in [-0.1, -0.05) is 12.1 Å². The van der Waals surface area contributed by atoms with Crippen molar-refractivity contribution in [3.8, 4) is 5.75 Å². The summed E-state index contributed by atoms with van der Waals surface area (Å²) in [5.41, 5.74) is 0.824. The summed E-state index contributed by atoms with van der Waals surface area (Å²) in [7, 11) is 1.73. The molecule has 0 spiro atoms. The largest absolute Gasteiger partial charge is 0.490 e. The zero-order valence-electron chi connectivity index (χ0n) is 20.8. The number of hydrogen-bond donors (Lipinski definition) is 0. The summed E-state index contributed by atoms with van der Waals surface area (Å²) in [5, 5.41) is 0. The van der Waals surface area contributed by atoms with Gasteiger partial charge in [0.05, 0.1) is 24.9 Å². The fraction of sp³-hybridized carbons (Fsp3) is 0.741. The van der Waals surface area contributed by atoms with E-state index in [1.54, 1.807) is 7.11 Å². The minimum atomic E-state index is -0.448. The van der Waals surface area contributed by atoms with Gasteiger partial charge in [-0.2, -0.15) is 0 Å². The van der Waals surface area contributed by atoms with Crippen molar-refractivity contribution in [3.63, 3.8) is 0 Å². The molecule has 6 nitrogen and oxygen atoms in total. The molecule has 2 aliphatic heterocycles. The Hall–Kier alpha value is -1.79. The SMILES string of the molecule is COCCc1ccc(OC2CCC(OC3C[C@H]4CC[C@@H](C3)N4C(=O)OC(C)(C)C)CC2)cc1. The molecule has 4 rings (SSSR count). The molecule has 1 unspecified atom stereocenters. The molecule has 33 heavy (non-hydrogen) atoms. The monoisotopic (exact) mass is 459 g/mol. The maximum Gasteiger partial charge on any atom is 0.410 e. The van der Waals surface area contributed by atoms with Crippen LogP contribution in [0.4, 0.5) is 4.79 Å². The number of ether oxygens (including phenoxy) is 4. The van der Waals surface area contributed by atoms with E-state index in [1.807, 2.05) is 25.7 Å². The molecule has 0 aromatic heterocycles. The zero-order valence-corrected chi connectivity index (χ0v) is 20.8. The van der Waals surface area contributed by atoms with Crippen molar-refractivity contribution in [1.82, 2.24) is 4.90 Å². The second-order valence-corrected chi connectivity index (χ2v) is 10.9. The smallest absolute Gasteiger partial charge is 0.410 e. The van der Waals surface area contributed by atoms with E-state index >= 15 is 0 Å². The number of carbonyl (C=O) groups excluding carboxylic acids is 1. The van der Waals surface area contributed by atoms with Crippen LogP contribution < -0.4 is 4.74 Å². The number of piperidine rings is 1. The van der Waals surface area contributed by atoms with Gasteiger partial charge in [0.2, 0.25) is 0 Å². The Labute approximate surface area is 198 Å². The number of methoxy groups -OCH3 is 1. The number of rotatable bonds is 7. The summed E-state index contributed by atoms with van der Waals surface area (Å²) < 4.78 is 23.6. The molecular formula is C27H41NO5. The number of benzene rings is 1. The van der Waals surface area contributed by atoms with Crippen LogP contribution in [0.5, 0.6) is 5.75 Å². The van der Waals surface area contributed by atoms with E-state index in [0.717, 1.165) is 70.1 Å². The molecule has 3 atom stereocenters. The fourth-order valence-electron chi connectivity index (χ4n) is 5.56. The first-order chi connectivity index (χ1) is 15.8. The highest BCUT2D eigenvalue weighted by Crippen LogP contribution is 2.39. The molecule has 1 amide bonds. The van der Waals surface area contributed by atoms with Crippen molar-refractivity contribution in [2.24, 2.45) is 0 Å². The van der Waals surface area contributed by atoms with Crippen molar-refractivity contribution in [1.29, 1.82) is 0 Å². The topological polar surface area (TPSA) is 57.2 Å². The van der Waals surface area contributed by atoms with Gasteiger partial charge in [-0.05, 0) is 96.3 Å². The van der Waals surface area contributed by atoms with Gasteiger partial charge in [-0.15, -0.1) is 0 Å².